The standard InChI is InChI=1S/C24H21ClO6/c1-4-10-29-21-16-17(20(27)14-9-7-6-8-13(14)19(16)26)22(30-11-5-2)23-18(21)15(24(25)28)12(3)31-23/h6-9H,4-5,10-11H2,1-3H3. The van der Waals surface area contributed by atoms with E-state index in [-0.39, 0.29) is 68.7 Å². The van der Waals surface area contributed by atoms with Crippen molar-refractivity contribution in [2.75, 3.05) is 13.2 Å². The Morgan fingerprint density at radius 2 is 1.45 bits per heavy atom. The van der Waals surface area contributed by atoms with E-state index >= 15 is 0 Å². The number of halogens is 1. The van der Waals surface area contributed by atoms with Crippen LogP contribution < -0.4 is 9.47 Å². The van der Waals surface area contributed by atoms with E-state index in [0.29, 0.717) is 25.0 Å². The molecule has 160 valence electrons. The van der Waals surface area contributed by atoms with Gasteiger partial charge in [0.2, 0.25) is 0 Å². The van der Waals surface area contributed by atoms with Crippen LogP contribution in [0.3, 0.4) is 0 Å². The van der Waals surface area contributed by atoms with Gasteiger partial charge in [0.05, 0.1) is 35.3 Å². The third-order valence-electron chi connectivity index (χ3n) is 5.19. The van der Waals surface area contributed by atoms with Crippen molar-refractivity contribution in [1.29, 1.82) is 0 Å². The largest absolute Gasteiger partial charge is 0.492 e. The van der Waals surface area contributed by atoms with E-state index in [2.05, 4.69) is 0 Å². The minimum atomic E-state index is -0.742. The van der Waals surface area contributed by atoms with Gasteiger partial charge in [-0.1, -0.05) is 38.1 Å². The lowest BCUT2D eigenvalue weighted by Gasteiger charge is -2.23. The summed E-state index contributed by atoms with van der Waals surface area (Å²) < 4.78 is 17.8. The molecule has 0 spiro atoms. The van der Waals surface area contributed by atoms with Crippen molar-refractivity contribution in [2.24, 2.45) is 0 Å². The molecule has 0 saturated carbocycles. The Morgan fingerprint density at radius 1 is 0.935 bits per heavy atom. The molecule has 1 heterocycles. The van der Waals surface area contributed by atoms with Gasteiger partial charge < -0.3 is 13.9 Å². The third-order valence-corrected chi connectivity index (χ3v) is 5.38. The molecule has 4 rings (SSSR count). The second kappa shape index (κ2) is 8.19. The topological polar surface area (TPSA) is 82.8 Å². The summed E-state index contributed by atoms with van der Waals surface area (Å²) in [5, 5.41) is -0.481. The van der Waals surface area contributed by atoms with Gasteiger partial charge in [0.25, 0.3) is 5.24 Å². The zero-order valence-corrected chi connectivity index (χ0v) is 18.2. The Hall–Kier alpha value is -3.12. The molecule has 0 fully saturated rings. The van der Waals surface area contributed by atoms with Crippen molar-refractivity contribution in [1.82, 2.24) is 0 Å². The van der Waals surface area contributed by atoms with E-state index in [1.54, 1.807) is 31.2 Å². The number of fused-ring (bicyclic) bond motifs is 3. The van der Waals surface area contributed by atoms with E-state index < -0.39 is 5.24 Å². The molecule has 0 saturated heterocycles. The zero-order valence-electron chi connectivity index (χ0n) is 17.5. The number of carbonyl (C=O) groups excluding carboxylic acids is 3. The van der Waals surface area contributed by atoms with Crippen molar-refractivity contribution in [2.45, 2.75) is 33.6 Å². The van der Waals surface area contributed by atoms with Crippen LogP contribution in [0.1, 0.15) is 74.7 Å². The second-order valence-corrected chi connectivity index (χ2v) is 7.66. The number of carbonyl (C=O) groups is 3. The van der Waals surface area contributed by atoms with Crippen molar-refractivity contribution < 1.29 is 28.3 Å². The molecule has 0 unspecified atom stereocenters. The molecular formula is C24H21ClO6. The summed E-state index contributed by atoms with van der Waals surface area (Å²) in [6.45, 7) is 6.01. The van der Waals surface area contributed by atoms with Gasteiger partial charge in [0.1, 0.15) is 11.5 Å². The molecule has 0 bridgehead atoms. The highest BCUT2D eigenvalue weighted by Crippen LogP contribution is 2.48. The minimum Gasteiger partial charge on any atom is -0.492 e. The number of rotatable bonds is 7. The number of hydrogen-bond acceptors (Lipinski definition) is 6. The van der Waals surface area contributed by atoms with Crippen LogP contribution >= 0.6 is 11.6 Å². The van der Waals surface area contributed by atoms with Crippen LogP contribution in [0.2, 0.25) is 0 Å². The summed E-state index contributed by atoms with van der Waals surface area (Å²) >= 11 is 5.87. The van der Waals surface area contributed by atoms with E-state index in [1.807, 2.05) is 13.8 Å². The van der Waals surface area contributed by atoms with Crippen LogP contribution in [0, 0.1) is 6.92 Å². The highest BCUT2D eigenvalue weighted by atomic mass is 35.5. The molecule has 31 heavy (non-hydrogen) atoms. The number of ether oxygens (including phenoxy) is 2. The Morgan fingerprint density at radius 3 is 1.97 bits per heavy atom. The van der Waals surface area contributed by atoms with E-state index in [0.717, 1.165) is 0 Å². The molecule has 6 nitrogen and oxygen atoms in total. The number of benzene rings is 2. The predicted octanol–water partition coefficient (Wildman–Crippen LogP) is 5.47. The average molecular weight is 441 g/mol. The SMILES string of the molecule is CCCOc1c2c(c(OCCC)c3c(C(=O)Cl)c(C)oc13)C(=O)c1ccccc1C2=O. The van der Waals surface area contributed by atoms with Gasteiger partial charge in [-0.2, -0.15) is 0 Å². The molecule has 0 atom stereocenters. The van der Waals surface area contributed by atoms with E-state index in [1.165, 1.54) is 0 Å². The van der Waals surface area contributed by atoms with Crippen LogP contribution in [0.5, 0.6) is 11.5 Å². The zero-order chi connectivity index (χ0) is 22.3. The van der Waals surface area contributed by atoms with Crippen LogP contribution in [0.25, 0.3) is 11.0 Å². The number of aryl methyl sites for hydroxylation is 1. The molecule has 2 aromatic carbocycles. The van der Waals surface area contributed by atoms with Gasteiger partial charge in [0.15, 0.2) is 22.9 Å². The second-order valence-electron chi connectivity index (χ2n) is 7.32. The summed E-state index contributed by atoms with van der Waals surface area (Å²) in [5.74, 6) is -0.198. The predicted molar refractivity (Wildman–Crippen MR) is 116 cm³/mol. The maximum atomic E-state index is 13.6. The van der Waals surface area contributed by atoms with Crippen molar-refractivity contribution >= 4 is 39.4 Å². The van der Waals surface area contributed by atoms with Gasteiger partial charge in [-0.15, -0.1) is 0 Å². The third kappa shape index (κ3) is 3.22. The monoisotopic (exact) mass is 440 g/mol. The smallest absolute Gasteiger partial charge is 0.256 e. The van der Waals surface area contributed by atoms with Gasteiger partial charge in [-0.3, -0.25) is 14.4 Å². The average Bonchev–Trinajstić information content (AvgIpc) is 3.11. The molecule has 0 amide bonds. The van der Waals surface area contributed by atoms with Crippen LogP contribution in [0.15, 0.2) is 28.7 Å². The lowest BCUT2D eigenvalue weighted by molar-refractivity contribution is 0.0972. The number of furan rings is 1. The van der Waals surface area contributed by atoms with Gasteiger partial charge in [-0.25, -0.2) is 0 Å². The first-order chi connectivity index (χ1) is 14.9. The van der Waals surface area contributed by atoms with Crippen molar-refractivity contribution in [3.63, 3.8) is 0 Å². The maximum absolute atomic E-state index is 13.6. The molecule has 1 aromatic heterocycles. The van der Waals surface area contributed by atoms with Crippen LogP contribution in [0.4, 0.5) is 0 Å². The van der Waals surface area contributed by atoms with Gasteiger partial charge in [-0.05, 0) is 31.4 Å². The Bertz CT molecular complexity index is 1240. The molecule has 0 N–H and O–H groups in total. The fourth-order valence-corrected chi connectivity index (χ4v) is 4.12. The summed E-state index contributed by atoms with van der Waals surface area (Å²) in [6.07, 6.45) is 1.33. The van der Waals surface area contributed by atoms with Gasteiger partial charge in [0, 0.05) is 11.1 Å². The summed E-state index contributed by atoms with van der Waals surface area (Å²) in [4.78, 5) is 39.3. The molecule has 0 aliphatic heterocycles. The number of hydrogen-bond donors (Lipinski definition) is 0. The summed E-state index contributed by atoms with van der Waals surface area (Å²) in [5.41, 5.74) is 1.03. The molecular weight excluding hydrogens is 420 g/mol. The van der Waals surface area contributed by atoms with Crippen LogP contribution in [-0.4, -0.2) is 30.0 Å². The van der Waals surface area contributed by atoms with Crippen molar-refractivity contribution in [3.05, 3.63) is 57.8 Å². The first-order valence-corrected chi connectivity index (χ1v) is 10.6. The molecule has 0 radical (unpaired) electrons. The van der Waals surface area contributed by atoms with E-state index in [9.17, 15) is 14.4 Å². The van der Waals surface area contributed by atoms with Crippen molar-refractivity contribution in [3.8, 4) is 11.5 Å². The van der Waals surface area contributed by atoms with Gasteiger partial charge >= 0.3 is 0 Å². The summed E-state index contributed by atoms with van der Waals surface area (Å²) in [7, 11) is 0. The summed E-state index contributed by atoms with van der Waals surface area (Å²) in [6, 6.07) is 6.62. The molecule has 3 aromatic rings. The normalized spacial score (nSPS) is 12.6. The quantitative estimate of drug-likeness (QED) is 0.354. The molecule has 1 aliphatic rings. The first kappa shape index (κ1) is 21.1. The first-order valence-electron chi connectivity index (χ1n) is 10.2. The highest BCUT2D eigenvalue weighted by Gasteiger charge is 2.40. The fraction of sp³-hybridized carbons (Fsp3) is 0.292. The fourth-order valence-electron chi connectivity index (χ4n) is 3.90. The Balaban J connectivity index is 2.18. The molecule has 7 heteroatoms. The maximum Gasteiger partial charge on any atom is 0.256 e. The Labute approximate surface area is 184 Å². The minimum absolute atomic E-state index is 0.0794. The molecule has 1 aliphatic carbocycles. The lowest BCUT2D eigenvalue weighted by atomic mass is 9.82. The highest BCUT2D eigenvalue weighted by molar-refractivity contribution is 6.69. The number of ketones is 2. The lowest BCUT2D eigenvalue weighted by Crippen LogP contribution is -2.23. The Kier molecular flexibility index (Phi) is 5.58. The van der Waals surface area contributed by atoms with Crippen LogP contribution in [-0.2, 0) is 0 Å². The van der Waals surface area contributed by atoms with E-state index in [4.69, 9.17) is 25.5 Å².